The molecular formula is C20H18N4O2S. The van der Waals surface area contributed by atoms with Crippen molar-refractivity contribution in [2.45, 2.75) is 13.1 Å². The van der Waals surface area contributed by atoms with Crippen LogP contribution in [0.15, 0.2) is 59.2 Å². The van der Waals surface area contributed by atoms with Crippen LogP contribution in [0.5, 0.6) is 5.75 Å². The third kappa shape index (κ3) is 3.54. The quantitative estimate of drug-likeness (QED) is 0.646. The molecule has 0 saturated heterocycles. The van der Waals surface area contributed by atoms with Crippen LogP contribution in [0.1, 0.15) is 33.9 Å². The Labute approximate surface area is 160 Å². The van der Waals surface area contributed by atoms with Crippen LogP contribution in [-0.4, -0.2) is 23.7 Å². The van der Waals surface area contributed by atoms with E-state index in [1.165, 1.54) is 11.3 Å². The van der Waals surface area contributed by atoms with E-state index in [1.54, 1.807) is 12.4 Å². The lowest BCUT2D eigenvalue weighted by Gasteiger charge is -2.26. The van der Waals surface area contributed by atoms with Gasteiger partial charge < -0.3 is 15.4 Å². The van der Waals surface area contributed by atoms with Crippen LogP contribution < -0.4 is 15.4 Å². The van der Waals surface area contributed by atoms with Gasteiger partial charge in [-0.3, -0.25) is 9.78 Å². The minimum atomic E-state index is -0.273. The predicted octanol–water partition coefficient (Wildman–Crippen LogP) is 4.34. The Morgan fingerprint density at radius 2 is 2.26 bits per heavy atom. The number of carbonyl (C=O) groups is 1. The molecule has 3 heterocycles. The number of thiophene rings is 1. The van der Waals surface area contributed by atoms with Gasteiger partial charge in [0.1, 0.15) is 17.8 Å². The number of hydrogen-bond donors (Lipinski definition) is 2. The number of pyridine rings is 1. The third-order valence-corrected chi connectivity index (χ3v) is 5.01. The van der Waals surface area contributed by atoms with E-state index in [0.29, 0.717) is 17.3 Å². The Hall–Kier alpha value is -3.19. The summed E-state index contributed by atoms with van der Waals surface area (Å²) in [6.07, 6.45) is 4.11. The topological polar surface area (TPSA) is 75.6 Å². The average molecular weight is 378 g/mol. The maximum atomic E-state index is 11.3. The Kier molecular flexibility index (Phi) is 4.84. The summed E-state index contributed by atoms with van der Waals surface area (Å²) in [5, 5.41) is 8.63. The van der Waals surface area contributed by atoms with Gasteiger partial charge in [-0.2, -0.15) is 0 Å². The van der Waals surface area contributed by atoms with E-state index >= 15 is 0 Å². The minimum Gasteiger partial charge on any atom is -0.494 e. The van der Waals surface area contributed by atoms with Crippen molar-refractivity contribution >= 4 is 34.8 Å². The van der Waals surface area contributed by atoms with Crippen LogP contribution in [0.3, 0.4) is 0 Å². The van der Waals surface area contributed by atoms with Gasteiger partial charge in [0.25, 0.3) is 0 Å². The highest BCUT2D eigenvalue weighted by atomic mass is 32.1. The van der Waals surface area contributed by atoms with E-state index in [0.717, 1.165) is 34.5 Å². The Bertz CT molecular complexity index is 985. The molecule has 3 aromatic rings. The number of aldehydes is 1. The number of benzene rings is 1. The highest BCUT2D eigenvalue weighted by Crippen LogP contribution is 2.33. The number of carbonyl (C=O) groups excluding carboxylic acids is 1. The molecule has 1 aromatic carbocycles. The van der Waals surface area contributed by atoms with E-state index in [9.17, 15) is 4.79 Å². The largest absolute Gasteiger partial charge is 0.494 e. The first-order valence-electron chi connectivity index (χ1n) is 8.59. The molecule has 0 radical (unpaired) electrons. The SMILES string of the molecule is CCOc1ccc2c(c1)C(Nc1ccsc1C=O)=NC(c1cccnc1)N2. The first-order valence-corrected chi connectivity index (χ1v) is 9.47. The molecule has 6 nitrogen and oxygen atoms in total. The van der Waals surface area contributed by atoms with Crippen LogP contribution in [-0.2, 0) is 0 Å². The van der Waals surface area contributed by atoms with E-state index in [2.05, 4.69) is 15.6 Å². The zero-order valence-electron chi connectivity index (χ0n) is 14.7. The first kappa shape index (κ1) is 17.2. The number of nitrogens with zero attached hydrogens (tertiary/aromatic N) is 2. The molecule has 4 rings (SSSR count). The molecule has 136 valence electrons. The van der Waals surface area contributed by atoms with Crippen molar-refractivity contribution in [1.82, 2.24) is 4.98 Å². The predicted molar refractivity (Wildman–Crippen MR) is 108 cm³/mol. The van der Waals surface area contributed by atoms with Crippen molar-refractivity contribution in [3.8, 4) is 5.75 Å². The number of amidine groups is 1. The maximum absolute atomic E-state index is 11.3. The van der Waals surface area contributed by atoms with Crippen molar-refractivity contribution in [2.24, 2.45) is 4.99 Å². The second kappa shape index (κ2) is 7.59. The van der Waals surface area contributed by atoms with Gasteiger partial charge in [-0.25, -0.2) is 4.99 Å². The number of anilines is 2. The number of rotatable bonds is 5. The van der Waals surface area contributed by atoms with Gasteiger partial charge in [0.2, 0.25) is 0 Å². The summed E-state index contributed by atoms with van der Waals surface area (Å²) in [6.45, 7) is 2.54. The molecule has 1 aliphatic rings. The Morgan fingerprint density at radius 3 is 3.04 bits per heavy atom. The number of aliphatic imine (C=N–C) groups is 1. The number of nitrogens with one attached hydrogen (secondary N) is 2. The molecule has 1 atom stereocenters. The minimum absolute atomic E-state index is 0.273. The monoisotopic (exact) mass is 378 g/mol. The van der Waals surface area contributed by atoms with Gasteiger partial charge in [0.15, 0.2) is 6.29 Å². The molecule has 27 heavy (non-hydrogen) atoms. The molecule has 1 unspecified atom stereocenters. The van der Waals surface area contributed by atoms with Crippen molar-refractivity contribution in [3.63, 3.8) is 0 Å². The third-order valence-electron chi connectivity index (χ3n) is 4.16. The molecule has 7 heteroatoms. The molecule has 0 fully saturated rings. The summed E-state index contributed by atoms with van der Waals surface area (Å²) in [5.74, 6) is 1.45. The van der Waals surface area contributed by atoms with Gasteiger partial charge in [0.05, 0.1) is 17.2 Å². The van der Waals surface area contributed by atoms with Crippen LogP contribution in [0, 0.1) is 0 Å². The Balaban J connectivity index is 1.76. The zero-order chi connectivity index (χ0) is 18.6. The van der Waals surface area contributed by atoms with Crippen molar-refractivity contribution < 1.29 is 9.53 Å². The summed E-state index contributed by atoms with van der Waals surface area (Å²) >= 11 is 1.39. The van der Waals surface area contributed by atoms with Gasteiger partial charge in [-0.05, 0) is 42.6 Å². The molecule has 0 amide bonds. The summed E-state index contributed by atoms with van der Waals surface area (Å²) < 4.78 is 5.64. The standard InChI is InChI=1S/C20H18N4O2S/c1-2-26-14-5-6-16-15(10-14)20(23-17-7-9-27-18(17)12-25)24-19(22-16)13-4-3-8-21-11-13/h3-12,19,22H,2H2,1H3,(H,23,24). The fourth-order valence-corrected chi connectivity index (χ4v) is 3.57. The number of aromatic nitrogens is 1. The summed E-state index contributed by atoms with van der Waals surface area (Å²) in [7, 11) is 0. The molecule has 2 N–H and O–H groups in total. The lowest BCUT2D eigenvalue weighted by atomic mass is 10.1. The molecule has 0 saturated carbocycles. The van der Waals surface area contributed by atoms with Gasteiger partial charge in [-0.15, -0.1) is 11.3 Å². The Morgan fingerprint density at radius 1 is 1.33 bits per heavy atom. The van der Waals surface area contributed by atoms with Crippen LogP contribution in [0.2, 0.25) is 0 Å². The van der Waals surface area contributed by atoms with E-state index in [-0.39, 0.29) is 6.17 Å². The summed E-state index contributed by atoms with van der Waals surface area (Å²) in [6, 6.07) is 11.6. The summed E-state index contributed by atoms with van der Waals surface area (Å²) in [4.78, 5) is 20.9. The first-order chi connectivity index (χ1) is 13.3. The maximum Gasteiger partial charge on any atom is 0.162 e. The molecule has 1 aliphatic heterocycles. The molecular weight excluding hydrogens is 360 g/mol. The smallest absolute Gasteiger partial charge is 0.162 e. The van der Waals surface area contributed by atoms with Crippen molar-refractivity contribution in [2.75, 3.05) is 17.2 Å². The van der Waals surface area contributed by atoms with E-state index < -0.39 is 0 Å². The normalized spacial score (nSPS) is 15.3. The average Bonchev–Trinajstić information content (AvgIpc) is 3.16. The molecule has 0 spiro atoms. The second-order valence-corrected chi connectivity index (χ2v) is 6.84. The zero-order valence-corrected chi connectivity index (χ0v) is 15.5. The number of ether oxygens (including phenoxy) is 1. The molecule has 0 aliphatic carbocycles. The highest BCUT2D eigenvalue weighted by Gasteiger charge is 2.23. The van der Waals surface area contributed by atoms with Gasteiger partial charge in [0, 0.05) is 29.2 Å². The number of fused-ring (bicyclic) bond motifs is 1. The van der Waals surface area contributed by atoms with E-state index in [4.69, 9.17) is 9.73 Å². The van der Waals surface area contributed by atoms with Gasteiger partial charge in [-0.1, -0.05) is 6.07 Å². The van der Waals surface area contributed by atoms with Crippen LogP contribution in [0.4, 0.5) is 11.4 Å². The molecule has 2 aromatic heterocycles. The van der Waals surface area contributed by atoms with Crippen molar-refractivity contribution in [1.29, 1.82) is 0 Å². The van der Waals surface area contributed by atoms with Crippen LogP contribution in [0.25, 0.3) is 0 Å². The van der Waals surface area contributed by atoms with Crippen LogP contribution >= 0.6 is 11.3 Å². The lowest BCUT2D eigenvalue weighted by Crippen LogP contribution is -2.25. The van der Waals surface area contributed by atoms with E-state index in [1.807, 2.05) is 48.7 Å². The summed E-state index contributed by atoms with van der Waals surface area (Å²) in [5.41, 5.74) is 3.53. The molecule has 0 bridgehead atoms. The van der Waals surface area contributed by atoms with Crippen molar-refractivity contribution in [3.05, 3.63) is 70.2 Å². The lowest BCUT2D eigenvalue weighted by molar-refractivity contribution is 0.112. The number of hydrogen-bond acceptors (Lipinski definition) is 7. The van der Waals surface area contributed by atoms with Gasteiger partial charge >= 0.3 is 0 Å². The fourth-order valence-electron chi connectivity index (χ4n) is 2.92. The highest BCUT2D eigenvalue weighted by molar-refractivity contribution is 7.12. The fraction of sp³-hybridized carbons (Fsp3) is 0.150. The second-order valence-electron chi connectivity index (χ2n) is 5.89.